The number of carbonyl (C=O) groups is 6. The van der Waals surface area contributed by atoms with Crippen LogP contribution in [0.3, 0.4) is 0 Å². The Morgan fingerprint density at radius 1 is 0.647 bits per heavy atom. The van der Waals surface area contributed by atoms with E-state index in [2.05, 4.69) is 26.6 Å². The molecule has 3 amide bonds. The predicted molar refractivity (Wildman–Crippen MR) is 186 cm³/mol. The highest BCUT2D eigenvalue weighted by molar-refractivity contribution is 8.01. The van der Waals surface area contributed by atoms with Crippen molar-refractivity contribution in [2.24, 2.45) is 5.73 Å². The number of carboxylic acid groups (broad SMARTS) is 3. The highest BCUT2D eigenvalue weighted by Crippen LogP contribution is 2.40. The summed E-state index contributed by atoms with van der Waals surface area (Å²) in [5.41, 5.74) is 6.56. The maximum absolute atomic E-state index is 14.2. The lowest BCUT2D eigenvalue weighted by atomic mass is 10.0. The third-order valence-electron chi connectivity index (χ3n) is 8.47. The van der Waals surface area contributed by atoms with Crippen LogP contribution in [0.25, 0.3) is 0 Å². The molecule has 276 valence electrons. The van der Waals surface area contributed by atoms with Gasteiger partial charge in [-0.2, -0.15) is 0 Å². The second kappa shape index (κ2) is 15.4. The maximum Gasteiger partial charge on any atom is 0.328 e. The van der Waals surface area contributed by atoms with Gasteiger partial charge in [-0.3, -0.25) is 34.6 Å². The smallest absolute Gasteiger partial charge is 0.328 e. The van der Waals surface area contributed by atoms with Crippen molar-refractivity contribution in [2.75, 3.05) is 0 Å². The second-order valence-corrected chi connectivity index (χ2v) is 16.7. The number of hydrogen-bond donors (Lipinski definition) is 11. The van der Waals surface area contributed by atoms with E-state index in [0.717, 1.165) is 23.5 Å². The first-order valence-corrected chi connectivity index (χ1v) is 17.3. The molecule has 0 bridgehead atoms. The van der Waals surface area contributed by atoms with Crippen LogP contribution in [0.15, 0.2) is 48.5 Å². The van der Waals surface area contributed by atoms with Crippen molar-refractivity contribution in [1.82, 2.24) is 26.6 Å². The SMILES string of the molecule is CC1(C)S[C@H](C(NC(=O)C(N)c2ccc(O)cc2)C(=O)NC(C(=O)N[C@H](C(=O)O)[C@@H]2N[C@@H](C(=O)O)C(C)(C)S2)c2ccc(O)cc2)N[C@H]1C(=O)O. The lowest BCUT2D eigenvalue weighted by Gasteiger charge is -2.29. The maximum atomic E-state index is 14.2. The number of benzene rings is 2. The van der Waals surface area contributed by atoms with E-state index in [0.29, 0.717) is 0 Å². The number of carbonyl (C=O) groups excluding carboxylic acids is 3. The van der Waals surface area contributed by atoms with Crippen molar-refractivity contribution in [3.8, 4) is 11.5 Å². The third kappa shape index (κ3) is 9.03. The van der Waals surface area contributed by atoms with Gasteiger partial charge in [-0.1, -0.05) is 24.3 Å². The van der Waals surface area contributed by atoms with E-state index in [9.17, 15) is 54.3 Å². The summed E-state index contributed by atoms with van der Waals surface area (Å²) in [6.07, 6.45) is 0. The highest BCUT2D eigenvalue weighted by Gasteiger charge is 2.51. The molecule has 8 atom stereocenters. The number of aromatic hydroxyl groups is 2. The Morgan fingerprint density at radius 2 is 1.06 bits per heavy atom. The van der Waals surface area contributed by atoms with E-state index in [-0.39, 0.29) is 22.6 Å². The number of carboxylic acids is 3. The van der Waals surface area contributed by atoms with Crippen molar-refractivity contribution >= 4 is 59.2 Å². The largest absolute Gasteiger partial charge is 0.508 e. The van der Waals surface area contributed by atoms with Crippen LogP contribution in [-0.2, 0) is 28.8 Å². The summed E-state index contributed by atoms with van der Waals surface area (Å²) in [6.45, 7) is 6.48. The molecule has 51 heavy (non-hydrogen) atoms. The molecule has 0 saturated carbocycles. The van der Waals surface area contributed by atoms with Gasteiger partial charge < -0.3 is 47.2 Å². The van der Waals surface area contributed by atoms with E-state index in [4.69, 9.17) is 5.73 Å². The van der Waals surface area contributed by atoms with Crippen LogP contribution in [0.5, 0.6) is 11.5 Å². The Labute approximate surface area is 300 Å². The monoisotopic (exact) mass is 748 g/mol. The summed E-state index contributed by atoms with van der Waals surface area (Å²) in [4.78, 5) is 77.8. The van der Waals surface area contributed by atoms with Crippen LogP contribution in [0, 0.1) is 0 Å². The van der Waals surface area contributed by atoms with Crippen molar-refractivity contribution in [3.63, 3.8) is 0 Å². The Balaban J connectivity index is 1.66. The number of thioether (sulfide) groups is 2. The number of rotatable bonds is 13. The van der Waals surface area contributed by atoms with Crippen LogP contribution < -0.4 is 32.3 Å². The molecule has 2 aromatic carbocycles. The summed E-state index contributed by atoms with van der Waals surface area (Å²) in [5.74, 6) is -7.03. The first kappa shape index (κ1) is 39.2. The zero-order chi connectivity index (χ0) is 38.0. The molecule has 12 N–H and O–H groups in total. The highest BCUT2D eigenvalue weighted by atomic mass is 32.2. The summed E-state index contributed by atoms with van der Waals surface area (Å²) < 4.78 is -1.94. The minimum atomic E-state index is -1.68. The lowest BCUT2D eigenvalue weighted by Crippen LogP contribution is -2.60. The molecular weight excluding hydrogens is 709 g/mol. The number of nitrogens with one attached hydrogen (secondary N) is 5. The molecule has 2 aliphatic heterocycles. The fraction of sp³-hybridized carbons (Fsp3) is 0.438. The van der Waals surface area contributed by atoms with Crippen LogP contribution >= 0.6 is 23.5 Å². The molecule has 0 aromatic heterocycles. The number of phenols is 2. The average molecular weight is 749 g/mol. The molecule has 2 aliphatic rings. The standard InChI is InChI=1S/C32H40N6O11S2/c1-31(2)21(29(46)47)37-26(50-31)19(35-23(41)17(33)13-5-9-15(39)10-6-13)25(43)34-18(14-7-11-16(40)12-8-14)24(42)36-20(28(44)45)27-38-22(30(48)49)32(3,4)51-27/h5-12,17-22,26-27,37-40H,33H2,1-4H3,(H,34,43)(H,35,41)(H,36,42)(H,44,45)(H,46,47)(H,48,49)/t17?,18?,19?,20-,21-,22-,26+,27+/m0/s1. The van der Waals surface area contributed by atoms with Gasteiger partial charge in [0.1, 0.15) is 41.7 Å². The van der Waals surface area contributed by atoms with Crippen LogP contribution in [0.1, 0.15) is 50.9 Å². The zero-order valence-electron chi connectivity index (χ0n) is 27.8. The van der Waals surface area contributed by atoms with Crippen LogP contribution in [-0.4, -0.2) is 106 Å². The average Bonchev–Trinajstić information content (AvgIpc) is 3.55. The lowest BCUT2D eigenvalue weighted by molar-refractivity contribution is -0.143. The minimum absolute atomic E-state index is 0.0754. The molecule has 0 spiro atoms. The molecule has 3 unspecified atom stereocenters. The summed E-state index contributed by atoms with van der Waals surface area (Å²) >= 11 is 2.05. The Kier molecular flexibility index (Phi) is 11.8. The van der Waals surface area contributed by atoms with Crippen molar-refractivity contribution in [2.45, 2.75) is 84.2 Å². The van der Waals surface area contributed by atoms with Gasteiger partial charge in [-0.05, 0) is 63.1 Å². The second-order valence-electron chi connectivity index (χ2n) is 13.1. The Hall–Kier alpha value is -4.56. The van der Waals surface area contributed by atoms with Gasteiger partial charge in [0.2, 0.25) is 17.7 Å². The van der Waals surface area contributed by atoms with E-state index in [1.165, 1.54) is 48.5 Å². The molecule has 2 aromatic rings. The molecule has 0 aliphatic carbocycles. The number of hydrogen-bond acceptors (Lipinski definition) is 13. The van der Waals surface area contributed by atoms with Gasteiger partial charge in [-0.25, -0.2) is 4.79 Å². The van der Waals surface area contributed by atoms with E-state index < -0.39 is 92.1 Å². The number of nitrogens with two attached hydrogens (primary N) is 1. The molecule has 19 heteroatoms. The normalized spacial score (nSPS) is 24.3. The van der Waals surface area contributed by atoms with Gasteiger partial charge >= 0.3 is 17.9 Å². The van der Waals surface area contributed by atoms with E-state index >= 15 is 0 Å². The van der Waals surface area contributed by atoms with E-state index in [1.54, 1.807) is 27.7 Å². The van der Waals surface area contributed by atoms with Crippen LogP contribution in [0.2, 0.25) is 0 Å². The molecule has 17 nitrogen and oxygen atoms in total. The van der Waals surface area contributed by atoms with Gasteiger partial charge in [0.25, 0.3) is 0 Å². The molecule has 2 heterocycles. The minimum Gasteiger partial charge on any atom is -0.508 e. The zero-order valence-corrected chi connectivity index (χ0v) is 29.5. The molecule has 2 fully saturated rings. The van der Waals surface area contributed by atoms with Crippen molar-refractivity contribution < 1.29 is 54.3 Å². The Bertz CT molecular complexity index is 1670. The first-order valence-electron chi connectivity index (χ1n) is 15.5. The quantitative estimate of drug-likeness (QED) is 0.126. The predicted octanol–water partition coefficient (Wildman–Crippen LogP) is -0.202. The van der Waals surface area contributed by atoms with Crippen molar-refractivity contribution in [1.29, 1.82) is 0 Å². The molecule has 0 radical (unpaired) electrons. The van der Waals surface area contributed by atoms with Gasteiger partial charge in [0.15, 0.2) is 6.04 Å². The molecular formula is C32H40N6O11S2. The van der Waals surface area contributed by atoms with Gasteiger partial charge in [0.05, 0.1) is 10.7 Å². The van der Waals surface area contributed by atoms with Gasteiger partial charge in [0, 0.05) is 9.49 Å². The Morgan fingerprint density at radius 3 is 1.47 bits per heavy atom. The number of aliphatic carboxylic acids is 3. The summed E-state index contributed by atoms with van der Waals surface area (Å²) in [6, 6.07) is 2.02. The summed E-state index contributed by atoms with van der Waals surface area (Å²) in [5, 5.41) is 60.0. The topological polar surface area (TPSA) is 290 Å². The fourth-order valence-electron chi connectivity index (χ4n) is 5.71. The van der Waals surface area contributed by atoms with E-state index in [1.807, 2.05) is 0 Å². The molecule has 2 saturated heterocycles. The van der Waals surface area contributed by atoms with Gasteiger partial charge in [-0.15, -0.1) is 23.5 Å². The molecule has 4 rings (SSSR count). The first-order chi connectivity index (χ1) is 23.7. The summed E-state index contributed by atoms with van der Waals surface area (Å²) in [7, 11) is 0. The fourth-order valence-corrected chi connectivity index (χ4v) is 8.69. The number of phenolic OH excluding ortho intramolecular Hbond substituents is 2. The third-order valence-corrected chi connectivity index (χ3v) is 11.5. The number of amides is 3. The van der Waals surface area contributed by atoms with Crippen molar-refractivity contribution in [3.05, 3.63) is 59.7 Å². The van der Waals surface area contributed by atoms with Crippen LogP contribution in [0.4, 0.5) is 0 Å².